The van der Waals surface area contributed by atoms with E-state index in [1.54, 1.807) is 26.4 Å². The lowest BCUT2D eigenvalue weighted by atomic mass is 9.89. The SMILES string of the molecule is COc1ccc(N2C(=O)c3ccc(OC)cc3NC23CCN(Cc2cccc(F)c2)CC3)cc1. The van der Waals surface area contributed by atoms with E-state index in [0.717, 1.165) is 48.6 Å². The molecule has 0 aliphatic carbocycles. The lowest BCUT2D eigenvalue weighted by Gasteiger charge is -2.52. The summed E-state index contributed by atoms with van der Waals surface area (Å²) in [5.74, 6) is 1.18. The quantitative estimate of drug-likeness (QED) is 0.585. The molecule has 1 spiro atoms. The number of piperidine rings is 1. The van der Waals surface area contributed by atoms with Crippen molar-refractivity contribution in [2.75, 3.05) is 37.5 Å². The van der Waals surface area contributed by atoms with Crippen LogP contribution in [0, 0.1) is 5.82 Å². The fourth-order valence-electron chi connectivity index (χ4n) is 4.98. The first kappa shape index (κ1) is 22.2. The Morgan fingerprint density at radius 2 is 1.65 bits per heavy atom. The molecule has 1 saturated heterocycles. The smallest absolute Gasteiger partial charge is 0.262 e. The molecule has 34 heavy (non-hydrogen) atoms. The van der Waals surface area contributed by atoms with Gasteiger partial charge in [0.2, 0.25) is 0 Å². The summed E-state index contributed by atoms with van der Waals surface area (Å²) in [7, 11) is 3.25. The summed E-state index contributed by atoms with van der Waals surface area (Å²) in [4.78, 5) is 18.0. The molecule has 0 aromatic heterocycles. The van der Waals surface area contributed by atoms with E-state index < -0.39 is 5.66 Å². The Bertz CT molecular complexity index is 1190. The van der Waals surface area contributed by atoms with Gasteiger partial charge in [0.15, 0.2) is 0 Å². The van der Waals surface area contributed by atoms with Crippen molar-refractivity contribution in [3.63, 3.8) is 0 Å². The van der Waals surface area contributed by atoms with Crippen LogP contribution in [0.5, 0.6) is 11.5 Å². The van der Waals surface area contributed by atoms with Crippen LogP contribution in [0.1, 0.15) is 28.8 Å². The van der Waals surface area contributed by atoms with Crippen molar-refractivity contribution in [2.45, 2.75) is 25.0 Å². The van der Waals surface area contributed by atoms with Crippen molar-refractivity contribution in [3.8, 4) is 11.5 Å². The number of methoxy groups -OCH3 is 2. The Kier molecular flexibility index (Phi) is 5.87. The Balaban J connectivity index is 1.46. The van der Waals surface area contributed by atoms with Crippen molar-refractivity contribution in [2.24, 2.45) is 0 Å². The molecule has 1 amide bonds. The van der Waals surface area contributed by atoms with E-state index in [0.29, 0.717) is 17.9 Å². The predicted molar refractivity (Wildman–Crippen MR) is 130 cm³/mol. The summed E-state index contributed by atoms with van der Waals surface area (Å²) in [6.07, 6.45) is 1.44. The number of carbonyl (C=O) groups is 1. The fraction of sp³-hybridized carbons (Fsp3) is 0.296. The van der Waals surface area contributed by atoms with E-state index >= 15 is 0 Å². The van der Waals surface area contributed by atoms with E-state index in [2.05, 4.69) is 10.2 Å². The third-order valence-corrected chi connectivity index (χ3v) is 6.76. The third-order valence-electron chi connectivity index (χ3n) is 6.76. The topological polar surface area (TPSA) is 54.0 Å². The first-order chi connectivity index (χ1) is 16.5. The molecular formula is C27H28FN3O3. The molecule has 2 heterocycles. The highest BCUT2D eigenvalue weighted by atomic mass is 19.1. The number of carbonyl (C=O) groups excluding carboxylic acids is 1. The van der Waals surface area contributed by atoms with Gasteiger partial charge in [-0.3, -0.25) is 14.6 Å². The van der Waals surface area contributed by atoms with Gasteiger partial charge in [0.25, 0.3) is 5.91 Å². The second-order valence-corrected chi connectivity index (χ2v) is 8.81. The molecule has 0 unspecified atom stereocenters. The number of nitrogens with one attached hydrogen (secondary N) is 1. The van der Waals surface area contributed by atoms with Crippen molar-refractivity contribution in [1.82, 2.24) is 4.90 Å². The maximum Gasteiger partial charge on any atom is 0.262 e. The molecule has 1 fully saturated rings. The van der Waals surface area contributed by atoms with Crippen LogP contribution in [-0.4, -0.2) is 43.8 Å². The minimum Gasteiger partial charge on any atom is -0.497 e. The largest absolute Gasteiger partial charge is 0.497 e. The number of hydrogen-bond donors (Lipinski definition) is 1. The Morgan fingerprint density at radius 1 is 0.941 bits per heavy atom. The fourth-order valence-corrected chi connectivity index (χ4v) is 4.98. The second kappa shape index (κ2) is 8.99. The number of ether oxygens (including phenoxy) is 2. The average Bonchev–Trinajstić information content (AvgIpc) is 2.85. The van der Waals surface area contributed by atoms with Crippen LogP contribution in [0.15, 0.2) is 66.7 Å². The van der Waals surface area contributed by atoms with Gasteiger partial charge >= 0.3 is 0 Å². The summed E-state index contributed by atoms with van der Waals surface area (Å²) in [5.41, 5.74) is 2.59. The van der Waals surface area contributed by atoms with Crippen molar-refractivity contribution >= 4 is 17.3 Å². The van der Waals surface area contributed by atoms with Crippen LogP contribution in [0.4, 0.5) is 15.8 Å². The molecule has 0 radical (unpaired) electrons. The third kappa shape index (κ3) is 4.07. The predicted octanol–water partition coefficient (Wildman–Crippen LogP) is 4.91. The maximum absolute atomic E-state index is 13.8. The number of benzene rings is 3. The van der Waals surface area contributed by atoms with Gasteiger partial charge in [-0.2, -0.15) is 0 Å². The van der Waals surface area contributed by atoms with Gasteiger partial charge in [-0.05, 0) is 54.1 Å². The molecule has 176 valence electrons. The Morgan fingerprint density at radius 3 is 2.32 bits per heavy atom. The van der Waals surface area contributed by atoms with Crippen LogP contribution < -0.4 is 19.7 Å². The lowest BCUT2D eigenvalue weighted by Crippen LogP contribution is -2.64. The van der Waals surface area contributed by atoms with Crippen molar-refractivity contribution in [3.05, 3.63) is 83.7 Å². The molecule has 2 aliphatic heterocycles. The number of nitrogens with zero attached hydrogens (tertiary/aromatic N) is 2. The standard InChI is InChI=1S/C27H28FN3O3/c1-33-22-8-6-21(7-9-22)31-26(32)24-11-10-23(34-2)17-25(24)29-27(31)12-14-30(15-13-27)18-19-4-3-5-20(28)16-19/h3-11,16-17,29H,12-15,18H2,1-2H3. The molecule has 0 bridgehead atoms. The molecule has 7 heteroatoms. The van der Waals surface area contributed by atoms with Crippen molar-refractivity contribution in [1.29, 1.82) is 0 Å². The van der Waals surface area contributed by atoms with Gasteiger partial charge in [-0.25, -0.2) is 4.39 Å². The molecule has 0 atom stereocenters. The van der Waals surface area contributed by atoms with Crippen molar-refractivity contribution < 1.29 is 18.7 Å². The normalized spacial score (nSPS) is 17.3. The van der Waals surface area contributed by atoms with Gasteiger partial charge in [0, 0.05) is 44.2 Å². The van der Waals surface area contributed by atoms with E-state index in [1.807, 2.05) is 53.4 Å². The second-order valence-electron chi connectivity index (χ2n) is 8.81. The molecule has 3 aromatic rings. The molecule has 1 N–H and O–H groups in total. The summed E-state index contributed by atoms with van der Waals surface area (Å²) < 4.78 is 24.4. The highest BCUT2D eigenvalue weighted by molar-refractivity contribution is 6.13. The van der Waals surface area contributed by atoms with E-state index in [-0.39, 0.29) is 11.7 Å². The van der Waals surface area contributed by atoms with Crippen LogP contribution >= 0.6 is 0 Å². The van der Waals surface area contributed by atoms with Gasteiger partial charge in [-0.15, -0.1) is 0 Å². The number of fused-ring (bicyclic) bond motifs is 1. The van der Waals surface area contributed by atoms with Gasteiger partial charge < -0.3 is 14.8 Å². The van der Waals surface area contributed by atoms with Crippen LogP contribution in [-0.2, 0) is 6.54 Å². The zero-order valence-corrected chi connectivity index (χ0v) is 19.4. The zero-order chi connectivity index (χ0) is 23.7. The molecule has 5 rings (SSSR count). The zero-order valence-electron chi connectivity index (χ0n) is 19.4. The average molecular weight is 462 g/mol. The van der Waals surface area contributed by atoms with Gasteiger partial charge in [-0.1, -0.05) is 12.1 Å². The number of anilines is 2. The van der Waals surface area contributed by atoms with E-state index in [1.165, 1.54) is 6.07 Å². The number of halogens is 1. The summed E-state index contributed by atoms with van der Waals surface area (Å²) in [5, 5.41) is 3.70. The molecule has 0 saturated carbocycles. The first-order valence-corrected chi connectivity index (χ1v) is 11.4. The number of rotatable bonds is 5. The first-order valence-electron chi connectivity index (χ1n) is 11.4. The van der Waals surface area contributed by atoms with Crippen LogP contribution in [0.2, 0.25) is 0 Å². The molecule has 2 aliphatic rings. The van der Waals surface area contributed by atoms with Crippen LogP contribution in [0.25, 0.3) is 0 Å². The van der Waals surface area contributed by atoms with Crippen LogP contribution in [0.3, 0.4) is 0 Å². The molecule has 6 nitrogen and oxygen atoms in total. The summed E-state index contributed by atoms with van der Waals surface area (Å²) in [6, 6.07) is 19.8. The van der Waals surface area contributed by atoms with E-state index in [9.17, 15) is 9.18 Å². The minimum atomic E-state index is -0.580. The highest BCUT2D eigenvalue weighted by Gasteiger charge is 2.47. The minimum absolute atomic E-state index is 0.0415. The molecule has 3 aromatic carbocycles. The van der Waals surface area contributed by atoms with Gasteiger partial charge in [0.05, 0.1) is 25.5 Å². The number of likely N-dealkylation sites (tertiary alicyclic amines) is 1. The summed E-state index contributed by atoms with van der Waals surface area (Å²) >= 11 is 0. The monoisotopic (exact) mass is 461 g/mol. The lowest BCUT2D eigenvalue weighted by molar-refractivity contribution is 0.0904. The Hall–Kier alpha value is -3.58. The summed E-state index contributed by atoms with van der Waals surface area (Å²) in [6.45, 7) is 2.21. The van der Waals surface area contributed by atoms with E-state index in [4.69, 9.17) is 9.47 Å². The maximum atomic E-state index is 13.8. The number of hydrogen-bond acceptors (Lipinski definition) is 5. The highest BCUT2D eigenvalue weighted by Crippen LogP contribution is 2.42. The van der Waals surface area contributed by atoms with Gasteiger partial charge in [0.1, 0.15) is 23.0 Å². The Labute approximate surface area is 198 Å². The molecular weight excluding hydrogens is 433 g/mol. The number of amides is 1.